The molecule has 5 heteroatoms. The zero-order chi connectivity index (χ0) is 14.7. The van der Waals surface area contributed by atoms with Crippen molar-refractivity contribution in [3.05, 3.63) is 53.6 Å². The Balaban J connectivity index is 2.40. The summed E-state index contributed by atoms with van der Waals surface area (Å²) in [5.74, 6) is -0.660. The molecule has 0 amide bonds. The molecule has 0 unspecified atom stereocenters. The highest BCUT2D eigenvalue weighted by Crippen LogP contribution is 2.35. The highest BCUT2D eigenvalue weighted by Gasteiger charge is 2.15. The van der Waals surface area contributed by atoms with Crippen LogP contribution >= 0.6 is 0 Å². The van der Waals surface area contributed by atoms with E-state index in [-0.39, 0.29) is 11.8 Å². The Kier molecular flexibility index (Phi) is 4.20. The lowest BCUT2D eigenvalue weighted by molar-refractivity contribution is 0.396. The van der Waals surface area contributed by atoms with Crippen LogP contribution < -0.4 is 15.2 Å². The van der Waals surface area contributed by atoms with Gasteiger partial charge in [-0.3, -0.25) is 0 Å². The number of halogens is 2. The van der Waals surface area contributed by atoms with Crippen LogP contribution in [0.2, 0.25) is 0 Å². The molecular weight excluding hydrogens is 264 g/mol. The summed E-state index contributed by atoms with van der Waals surface area (Å²) >= 11 is 0. The molecule has 0 aliphatic heterocycles. The van der Waals surface area contributed by atoms with E-state index in [0.29, 0.717) is 17.1 Å². The van der Waals surface area contributed by atoms with Gasteiger partial charge < -0.3 is 15.2 Å². The van der Waals surface area contributed by atoms with E-state index in [1.165, 1.54) is 13.2 Å². The molecule has 0 fully saturated rings. The van der Waals surface area contributed by atoms with E-state index >= 15 is 0 Å². The van der Waals surface area contributed by atoms with Crippen molar-refractivity contribution in [2.75, 3.05) is 7.11 Å². The van der Waals surface area contributed by atoms with E-state index in [2.05, 4.69) is 0 Å². The number of hydrogen-bond acceptors (Lipinski definition) is 3. The summed E-state index contributed by atoms with van der Waals surface area (Å²) in [6.45, 7) is 1.79. The quantitative estimate of drug-likeness (QED) is 0.926. The maximum atomic E-state index is 13.2. The van der Waals surface area contributed by atoms with E-state index in [9.17, 15) is 8.78 Å². The zero-order valence-electron chi connectivity index (χ0n) is 11.2. The molecule has 20 heavy (non-hydrogen) atoms. The third kappa shape index (κ3) is 2.88. The molecule has 0 aromatic heterocycles. The van der Waals surface area contributed by atoms with Crippen molar-refractivity contribution in [2.45, 2.75) is 13.0 Å². The van der Waals surface area contributed by atoms with Crippen LogP contribution in [0.5, 0.6) is 17.2 Å². The van der Waals surface area contributed by atoms with Crippen LogP contribution in [0.4, 0.5) is 8.78 Å². The Morgan fingerprint density at radius 3 is 2.35 bits per heavy atom. The van der Waals surface area contributed by atoms with E-state index < -0.39 is 11.6 Å². The molecule has 0 aliphatic rings. The molecule has 2 aromatic rings. The summed E-state index contributed by atoms with van der Waals surface area (Å²) in [5.41, 5.74) is 6.57. The molecule has 0 saturated heterocycles. The van der Waals surface area contributed by atoms with Crippen LogP contribution in [-0.2, 0) is 0 Å². The van der Waals surface area contributed by atoms with Gasteiger partial charge in [0.25, 0.3) is 0 Å². The third-order valence-electron chi connectivity index (χ3n) is 2.82. The summed E-state index contributed by atoms with van der Waals surface area (Å²) in [5, 5.41) is 0. The van der Waals surface area contributed by atoms with Crippen molar-refractivity contribution in [1.82, 2.24) is 0 Å². The molecule has 1 atom stereocenters. The fourth-order valence-electron chi connectivity index (χ4n) is 1.91. The second kappa shape index (κ2) is 5.88. The first-order valence-electron chi connectivity index (χ1n) is 6.08. The van der Waals surface area contributed by atoms with Gasteiger partial charge in [0.05, 0.1) is 12.7 Å². The van der Waals surface area contributed by atoms with Crippen molar-refractivity contribution in [3.8, 4) is 17.2 Å². The molecule has 2 aromatic carbocycles. The second-order valence-corrected chi connectivity index (χ2v) is 4.34. The number of nitrogens with two attached hydrogens (primary N) is 1. The lowest BCUT2D eigenvalue weighted by Gasteiger charge is -2.17. The minimum atomic E-state index is -0.965. The van der Waals surface area contributed by atoms with Gasteiger partial charge in [-0.05, 0) is 31.2 Å². The predicted molar refractivity (Wildman–Crippen MR) is 72.0 cm³/mol. The van der Waals surface area contributed by atoms with Gasteiger partial charge >= 0.3 is 0 Å². The average molecular weight is 279 g/mol. The Morgan fingerprint density at radius 1 is 1.05 bits per heavy atom. The topological polar surface area (TPSA) is 44.5 Å². The lowest BCUT2D eigenvalue weighted by Crippen LogP contribution is -2.08. The van der Waals surface area contributed by atoms with Gasteiger partial charge in [0.15, 0.2) is 11.6 Å². The lowest BCUT2D eigenvalue weighted by atomic mass is 10.1. The number of ether oxygens (including phenoxy) is 2. The van der Waals surface area contributed by atoms with Gasteiger partial charge in [0.2, 0.25) is 0 Å². The van der Waals surface area contributed by atoms with Crippen molar-refractivity contribution in [3.63, 3.8) is 0 Å². The van der Waals surface area contributed by atoms with Gasteiger partial charge in [0.1, 0.15) is 17.2 Å². The van der Waals surface area contributed by atoms with Crippen LogP contribution in [0.25, 0.3) is 0 Å². The summed E-state index contributed by atoms with van der Waals surface area (Å²) in [7, 11) is 1.53. The molecule has 0 bridgehead atoms. The number of methoxy groups -OCH3 is 1. The molecule has 0 radical (unpaired) electrons. The van der Waals surface area contributed by atoms with Gasteiger partial charge in [-0.1, -0.05) is 6.07 Å². The highest BCUT2D eigenvalue weighted by molar-refractivity contribution is 5.48. The molecule has 2 rings (SSSR count). The normalized spacial score (nSPS) is 12.1. The van der Waals surface area contributed by atoms with Crippen molar-refractivity contribution >= 4 is 0 Å². The molecule has 0 heterocycles. The van der Waals surface area contributed by atoms with Gasteiger partial charge in [-0.25, -0.2) is 8.78 Å². The van der Waals surface area contributed by atoms with Gasteiger partial charge in [-0.15, -0.1) is 0 Å². The molecule has 3 nitrogen and oxygen atoms in total. The average Bonchev–Trinajstić information content (AvgIpc) is 2.42. The summed E-state index contributed by atoms with van der Waals surface area (Å²) in [6, 6.07) is 8.21. The van der Waals surface area contributed by atoms with Crippen LogP contribution in [0, 0.1) is 11.6 Å². The van der Waals surface area contributed by atoms with Gasteiger partial charge in [0, 0.05) is 12.1 Å². The predicted octanol–water partition coefficient (Wildman–Crippen LogP) is 3.79. The summed E-state index contributed by atoms with van der Waals surface area (Å²) in [6.07, 6.45) is 0. The molecule has 0 aliphatic carbocycles. The fraction of sp³-hybridized carbons (Fsp3) is 0.200. The van der Waals surface area contributed by atoms with E-state index in [1.807, 2.05) is 0 Å². The van der Waals surface area contributed by atoms with Crippen LogP contribution in [0.3, 0.4) is 0 Å². The van der Waals surface area contributed by atoms with Gasteiger partial charge in [-0.2, -0.15) is 0 Å². The Bertz CT molecular complexity index is 615. The minimum Gasteiger partial charge on any atom is -0.496 e. The van der Waals surface area contributed by atoms with E-state index in [1.54, 1.807) is 25.1 Å². The first kappa shape index (κ1) is 14.3. The summed E-state index contributed by atoms with van der Waals surface area (Å²) < 4.78 is 36.9. The Morgan fingerprint density at radius 2 is 1.75 bits per heavy atom. The third-order valence-corrected chi connectivity index (χ3v) is 2.82. The Hall–Kier alpha value is -2.14. The standard InChI is InChI=1S/C15H15F2NO2/c1-9(18)15-13(19-2)4-3-5-14(15)20-10-6-7-11(16)12(17)8-10/h3-9H,18H2,1-2H3/t9-/m0/s1. The molecule has 0 spiro atoms. The maximum absolute atomic E-state index is 13.2. The van der Waals surface area contributed by atoms with E-state index in [0.717, 1.165) is 12.1 Å². The molecular formula is C15H15F2NO2. The maximum Gasteiger partial charge on any atom is 0.162 e. The fourth-order valence-corrected chi connectivity index (χ4v) is 1.91. The molecule has 2 N–H and O–H groups in total. The van der Waals surface area contributed by atoms with E-state index in [4.69, 9.17) is 15.2 Å². The van der Waals surface area contributed by atoms with Crippen molar-refractivity contribution in [2.24, 2.45) is 5.73 Å². The monoisotopic (exact) mass is 279 g/mol. The van der Waals surface area contributed by atoms with Crippen LogP contribution in [-0.4, -0.2) is 7.11 Å². The SMILES string of the molecule is COc1cccc(Oc2ccc(F)c(F)c2)c1[C@H](C)N. The Labute approximate surface area is 115 Å². The highest BCUT2D eigenvalue weighted by atomic mass is 19.2. The number of rotatable bonds is 4. The largest absolute Gasteiger partial charge is 0.496 e. The molecule has 106 valence electrons. The minimum absolute atomic E-state index is 0.194. The van der Waals surface area contributed by atoms with Crippen molar-refractivity contribution in [1.29, 1.82) is 0 Å². The van der Waals surface area contributed by atoms with Crippen molar-refractivity contribution < 1.29 is 18.3 Å². The number of benzene rings is 2. The first-order valence-corrected chi connectivity index (χ1v) is 6.08. The first-order chi connectivity index (χ1) is 9.52. The van der Waals surface area contributed by atoms with Crippen LogP contribution in [0.1, 0.15) is 18.5 Å². The second-order valence-electron chi connectivity index (χ2n) is 4.34. The summed E-state index contributed by atoms with van der Waals surface area (Å²) in [4.78, 5) is 0. The molecule has 0 saturated carbocycles. The number of hydrogen-bond donors (Lipinski definition) is 1. The smallest absolute Gasteiger partial charge is 0.162 e. The van der Waals surface area contributed by atoms with Crippen LogP contribution in [0.15, 0.2) is 36.4 Å². The zero-order valence-corrected chi connectivity index (χ0v) is 11.2.